The number of fused-ring (bicyclic) bond motifs is 1. The summed E-state index contributed by atoms with van der Waals surface area (Å²) in [6, 6.07) is 4.27. The fraction of sp³-hybridized carbons (Fsp3) is 0.688. The molecular formula is C16H24N2. The zero-order valence-corrected chi connectivity index (χ0v) is 11.6. The molecule has 98 valence electrons. The van der Waals surface area contributed by atoms with Crippen molar-refractivity contribution in [1.29, 1.82) is 0 Å². The van der Waals surface area contributed by atoms with Gasteiger partial charge >= 0.3 is 0 Å². The van der Waals surface area contributed by atoms with Gasteiger partial charge in [0.25, 0.3) is 0 Å². The van der Waals surface area contributed by atoms with Gasteiger partial charge < -0.3 is 5.73 Å². The first-order valence-electron chi connectivity index (χ1n) is 7.23. The lowest BCUT2D eigenvalue weighted by molar-refractivity contribution is 0.127. The minimum absolute atomic E-state index is 0.0264. The predicted octanol–water partition coefficient (Wildman–Crippen LogP) is 3.41. The van der Waals surface area contributed by atoms with Crippen molar-refractivity contribution in [1.82, 2.24) is 4.98 Å². The summed E-state index contributed by atoms with van der Waals surface area (Å²) in [5.74, 6) is 0.480. The van der Waals surface area contributed by atoms with E-state index in [2.05, 4.69) is 31.0 Å². The van der Waals surface area contributed by atoms with Crippen LogP contribution < -0.4 is 5.73 Å². The Morgan fingerprint density at radius 3 is 2.94 bits per heavy atom. The molecule has 2 aliphatic rings. The van der Waals surface area contributed by atoms with Crippen LogP contribution in [-0.4, -0.2) is 10.5 Å². The molecule has 1 fully saturated rings. The number of hydrogen-bond donors (Lipinski definition) is 1. The largest absolute Gasteiger partial charge is 0.324 e. The highest BCUT2D eigenvalue weighted by molar-refractivity contribution is 5.32. The van der Waals surface area contributed by atoms with Crippen molar-refractivity contribution in [2.75, 3.05) is 0 Å². The zero-order valence-electron chi connectivity index (χ0n) is 11.6. The van der Waals surface area contributed by atoms with Gasteiger partial charge in [-0.3, -0.25) is 4.98 Å². The van der Waals surface area contributed by atoms with Gasteiger partial charge in [0.2, 0.25) is 0 Å². The topological polar surface area (TPSA) is 38.9 Å². The standard InChI is InChI=1S/C16H24N2/c1-15(2)8-4-9-16(17,11-15)13-7-6-12-5-3-10-18-14(12)13/h3,5,10,13H,4,6-9,11,17H2,1-2H3. The van der Waals surface area contributed by atoms with E-state index in [9.17, 15) is 0 Å². The zero-order chi connectivity index (χ0) is 12.8. The second kappa shape index (κ2) is 4.06. The van der Waals surface area contributed by atoms with Crippen LogP contribution >= 0.6 is 0 Å². The van der Waals surface area contributed by atoms with E-state index in [0.717, 1.165) is 19.3 Å². The van der Waals surface area contributed by atoms with Gasteiger partial charge in [-0.05, 0) is 49.1 Å². The average molecular weight is 244 g/mol. The molecule has 2 N–H and O–H groups in total. The highest BCUT2D eigenvalue weighted by Gasteiger charge is 2.45. The summed E-state index contributed by atoms with van der Waals surface area (Å²) in [6.07, 6.45) is 9.16. The molecule has 2 atom stereocenters. The van der Waals surface area contributed by atoms with Gasteiger partial charge in [-0.1, -0.05) is 26.3 Å². The number of aryl methyl sites for hydroxylation is 1. The molecule has 0 amide bonds. The summed E-state index contributed by atoms with van der Waals surface area (Å²) in [7, 11) is 0. The second-order valence-electron chi connectivity index (χ2n) is 7.07. The molecular weight excluding hydrogens is 220 g/mol. The summed E-state index contributed by atoms with van der Waals surface area (Å²) >= 11 is 0. The summed E-state index contributed by atoms with van der Waals surface area (Å²) < 4.78 is 0. The van der Waals surface area contributed by atoms with Crippen molar-refractivity contribution in [3.63, 3.8) is 0 Å². The number of nitrogens with two attached hydrogens (primary N) is 1. The quantitative estimate of drug-likeness (QED) is 0.822. The normalized spacial score (nSPS) is 34.3. The molecule has 2 aliphatic carbocycles. The van der Waals surface area contributed by atoms with Crippen LogP contribution in [0.5, 0.6) is 0 Å². The Morgan fingerprint density at radius 1 is 1.33 bits per heavy atom. The first-order chi connectivity index (χ1) is 8.50. The molecule has 2 unspecified atom stereocenters. The minimum Gasteiger partial charge on any atom is -0.324 e. The Balaban J connectivity index is 1.92. The molecule has 3 rings (SSSR count). The van der Waals surface area contributed by atoms with E-state index >= 15 is 0 Å². The first-order valence-corrected chi connectivity index (χ1v) is 7.23. The molecule has 1 saturated carbocycles. The van der Waals surface area contributed by atoms with Gasteiger partial charge in [0.1, 0.15) is 0 Å². The van der Waals surface area contributed by atoms with E-state index in [4.69, 9.17) is 5.73 Å². The summed E-state index contributed by atoms with van der Waals surface area (Å²) in [4.78, 5) is 4.63. The Morgan fingerprint density at radius 2 is 2.17 bits per heavy atom. The Kier molecular flexibility index (Phi) is 2.74. The van der Waals surface area contributed by atoms with Gasteiger partial charge in [0.05, 0.1) is 0 Å². The highest BCUT2D eigenvalue weighted by atomic mass is 14.8. The molecule has 2 heteroatoms. The summed E-state index contributed by atoms with van der Waals surface area (Å²) in [5.41, 5.74) is 9.90. The third-order valence-corrected chi connectivity index (χ3v) is 4.96. The van der Waals surface area contributed by atoms with E-state index < -0.39 is 0 Å². The van der Waals surface area contributed by atoms with Crippen molar-refractivity contribution >= 4 is 0 Å². The number of pyridine rings is 1. The van der Waals surface area contributed by atoms with Crippen molar-refractivity contribution < 1.29 is 0 Å². The second-order valence-corrected chi connectivity index (χ2v) is 7.07. The maximum absolute atomic E-state index is 6.81. The van der Waals surface area contributed by atoms with Crippen LogP contribution in [0.1, 0.15) is 63.1 Å². The van der Waals surface area contributed by atoms with Crippen LogP contribution in [0.25, 0.3) is 0 Å². The Bertz CT molecular complexity index is 452. The molecule has 2 nitrogen and oxygen atoms in total. The molecule has 1 heterocycles. The SMILES string of the molecule is CC1(C)CCCC(N)(C2CCc3cccnc32)C1. The van der Waals surface area contributed by atoms with Crippen molar-refractivity contribution in [3.05, 3.63) is 29.6 Å². The third kappa shape index (κ3) is 1.97. The highest BCUT2D eigenvalue weighted by Crippen LogP contribution is 2.49. The van der Waals surface area contributed by atoms with Crippen LogP contribution in [0.2, 0.25) is 0 Å². The molecule has 0 spiro atoms. The van der Waals surface area contributed by atoms with E-state index in [0.29, 0.717) is 11.3 Å². The predicted molar refractivity (Wildman–Crippen MR) is 74.5 cm³/mol. The van der Waals surface area contributed by atoms with Crippen LogP contribution in [0.15, 0.2) is 18.3 Å². The molecule has 0 radical (unpaired) electrons. The fourth-order valence-electron chi connectivity index (χ4n) is 4.23. The van der Waals surface area contributed by atoms with Crippen molar-refractivity contribution in [2.24, 2.45) is 11.1 Å². The maximum atomic E-state index is 6.81. The first kappa shape index (κ1) is 12.2. The smallest absolute Gasteiger partial charge is 0.0484 e. The third-order valence-electron chi connectivity index (χ3n) is 4.96. The van der Waals surface area contributed by atoms with E-state index in [1.54, 1.807) is 0 Å². The Labute approximate surface area is 110 Å². The van der Waals surface area contributed by atoms with Crippen molar-refractivity contribution in [2.45, 2.75) is 63.8 Å². The van der Waals surface area contributed by atoms with Gasteiger partial charge in [0.15, 0.2) is 0 Å². The lowest BCUT2D eigenvalue weighted by atomic mass is 9.63. The van der Waals surface area contributed by atoms with Crippen LogP contribution in [0.4, 0.5) is 0 Å². The van der Waals surface area contributed by atoms with Crippen LogP contribution in [0, 0.1) is 5.41 Å². The lowest BCUT2D eigenvalue weighted by Gasteiger charge is -2.46. The van der Waals surface area contributed by atoms with Crippen LogP contribution in [-0.2, 0) is 6.42 Å². The molecule has 0 saturated heterocycles. The van der Waals surface area contributed by atoms with E-state index in [1.165, 1.54) is 30.5 Å². The van der Waals surface area contributed by atoms with E-state index in [1.807, 2.05) is 6.20 Å². The lowest BCUT2D eigenvalue weighted by Crippen LogP contribution is -2.51. The number of rotatable bonds is 1. The van der Waals surface area contributed by atoms with E-state index in [-0.39, 0.29) is 5.54 Å². The molecule has 1 aromatic heterocycles. The fourth-order valence-corrected chi connectivity index (χ4v) is 4.23. The summed E-state index contributed by atoms with van der Waals surface area (Å²) in [5, 5.41) is 0. The number of aromatic nitrogens is 1. The molecule has 0 aliphatic heterocycles. The average Bonchev–Trinajstić information content (AvgIpc) is 2.71. The van der Waals surface area contributed by atoms with Crippen molar-refractivity contribution in [3.8, 4) is 0 Å². The summed E-state index contributed by atoms with van der Waals surface area (Å²) in [6.45, 7) is 4.73. The Hall–Kier alpha value is -0.890. The molecule has 18 heavy (non-hydrogen) atoms. The maximum Gasteiger partial charge on any atom is 0.0484 e. The van der Waals surface area contributed by atoms with Gasteiger partial charge in [-0.15, -0.1) is 0 Å². The number of nitrogens with zero attached hydrogens (tertiary/aromatic N) is 1. The monoisotopic (exact) mass is 244 g/mol. The van der Waals surface area contributed by atoms with Gasteiger partial charge in [-0.2, -0.15) is 0 Å². The molecule has 0 bridgehead atoms. The van der Waals surface area contributed by atoms with Gasteiger partial charge in [0, 0.05) is 23.3 Å². The van der Waals surface area contributed by atoms with Crippen LogP contribution in [0.3, 0.4) is 0 Å². The minimum atomic E-state index is -0.0264. The molecule has 0 aromatic carbocycles. The molecule has 1 aromatic rings. The number of hydrogen-bond acceptors (Lipinski definition) is 2. The van der Waals surface area contributed by atoms with Gasteiger partial charge in [-0.25, -0.2) is 0 Å².